The van der Waals surface area contributed by atoms with Crippen LogP contribution in [0.1, 0.15) is 0 Å². The van der Waals surface area contributed by atoms with E-state index >= 15 is 0 Å². The summed E-state index contributed by atoms with van der Waals surface area (Å²) in [4.78, 5) is 13.4. The number of nitrogens with one attached hydrogen (secondary N) is 1. The van der Waals surface area contributed by atoms with Crippen molar-refractivity contribution in [1.82, 2.24) is 4.98 Å². The molecular formula is C7H5NO2S. The van der Waals surface area contributed by atoms with Gasteiger partial charge in [0.05, 0.1) is 10.2 Å². The molecule has 0 spiro atoms. The average Bonchev–Trinajstić information content (AvgIpc) is 2.34. The average molecular weight is 167 g/mol. The Morgan fingerprint density at radius 2 is 2.36 bits per heavy atom. The standard InChI is InChI=1S/C7H5NO2S/c9-5-3-6(10)8-4-1-2-11-7(4)5/h1-3H,(H2,8,9,10). The van der Waals surface area contributed by atoms with Crippen LogP contribution in [0.25, 0.3) is 10.2 Å². The molecule has 3 nitrogen and oxygen atoms in total. The Labute approximate surface area is 65.9 Å². The topological polar surface area (TPSA) is 53.1 Å². The molecule has 2 aromatic heterocycles. The number of aromatic amines is 1. The number of aromatic nitrogens is 1. The van der Waals surface area contributed by atoms with Gasteiger partial charge in [0, 0.05) is 6.07 Å². The van der Waals surface area contributed by atoms with E-state index < -0.39 is 0 Å². The number of hydrogen-bond donors (Lipinski definition) is 2. The van der Waals surface area contributed by atoms with Gasteiger partial charge in [-0.25, -0.2) is 0 Å². The third-order valence-electron chi connectivity index (χ3n) is 1.42. The first-order valence-electron chi connectivity index (χ1n) is 3.07. The lowest BCUT2D eigenvalue weighted by atomic mass is 10.4. The molecule has 2 heterocycles. The van der Waals surface area contributed by atoms with E-state index in [0.29, 0.717) is 5.52 Å². The fraction of sp³-hybridized carbons (Fsp3) is 0. The van der Waals surface area contributed by atoms with Gasteiger partial charge in [0.25, 0.3) is 5.56 Å². The molecule has 56 valence electrons. The minimum Gasteiger partial charge on any atom is -0.506 e. The highest BCUT2D eigenvalue weighted by Crippen LogP contribution is 2.25. The monoisotopic (exact) mass is 167 g/mol. The van der Waals surface area contributed by atoms with Crippen molar-refractivity contribution in [3.63, 3.8) is 0 Å². The minimum absolute atomic E-state index is 0.0544. The normalized spacial score (nSPS) is 10.5. The van der Waals surface area contributed by atoms with Gasteiger partial charge in [0.15, 0.2) is 0 Å². The molecule has 0 saturated heterocycles. The van der Waals surface area contributed by atoms with E-state index in [0.717, 1.165) is 4.70 Å². The van der Waals surface area contributed by atoms with Gasteiger partial charge in [-0.15, -0.1) is 11.3 Å². The summed E-state index contributed by atoms with van der Waals surface area (Å²) < 4.78 is 0.726. The van der Waals surface area contributed by atoms with Crippen LogP contribution in [-0.2, 0) is 0 Å². The first-order chi connectivity index (χ1) is 5.27. The van der Waals surface area contributed by atoms with E-state index in [-0.39, 0.29) is 11.3 Å². The lowest BCUT2D eigenvalue weighted by Gasteiger charge is -1.91. The van der Waals surface area contributed by atoms with Crippen molar-refractivity contribution >= 4 is 21.6 Å². The summed E-state index contributed by atoms with van der Waals surface area (Å²) in [6.07, 6.45) is 0. The molecule has 0 aliphatic rings. The lowest BCUT2D eigenvalue weighted by molar-refractivity contribution is 0.481. The molecule has 0 amide bonds. The smallest absolute Gasteiger partial charge is 0.252 e. The van der Waals surface area contributed by atoms with Gasteiger partial charge >= 0.3 is 0 Å². The highest BCUT2D eigenvalue weighted by Gasteiger charge is 2.01. The number of fused-ring (bicyclic) bond motifs is 1. The number of H-pyrrole nitrogens is 1. The number of rotatable bonds is 0. The second-order valence-electron chi connectivity index (χ2n) is 2.18. The minimum atomic E-state index is -0.270. The number of thiophene rings is 1. The van der Waals surface area contributed by atoms with Crippen molar-refractivity contribution in [3.05, 3.63) is 27.9 Å². The number of aromatic hydroxyl groups is 1. The van der Waals surface area contributed by atoms with Crippen LogP contribution in [0, 0.1) is 0 Å². The van der Waals surface area contributed by atoms with Gasteiger partial charge in [-0.05, 0) is 11.4 Å². The highest BCUT2D eigenvalue weighted by atomic mass is 32.1. The summed E-state index contributed by atoms with van der Waals surface area (Å²) >= 11 is 1.40. The summed E-state index contributed by atoms with van der Waals surface area (Å²) in [7, 11) is 0. The molecule has 2 N–H and O–H groups in total. The summed E-state index contributed by atoms with van der Waals surface area (Å²) in [6, 6.07) is 2.94. The van der Waals surface area contributed by atoms with Gasteiger partial charge in [0.2, 0.25) is 0 Å². The molecular weight excluding hydrogens is 162 g/mol. The number of pyridine rings is 1. The van der Waals surface area contributed by atoms with Gasteiger partial charge in [-0.3, -0.25) is 4.79 Å². The van der Waals surface area contributed by atoms with E-state index in [2.05, 4.69) is 4.98 Å². The lowest BCUT2D eigenvalue weighted by Crippen LogP contribution is -2.01. The van der Waals surface area contributed by atoms with E-state index in [4.69, 9.17) is 0 Å². The Morgan fingerprint density at radius 1 is 1.55 bits per heavy atom. The third-order valence-corrected chi connectivity index (χ3v) is 2.36. The first kappa shape index (κ1) is 6.42. The Kier molecular flexibility index (Phi) is 1.22. The second kappa shape index (κ2) is 2.10. The zero-order valence-electron chi connectivity index (χ0n) is 5.50. The highest BCUT2D eigenvalue weighted by molar-refractivity contribution is 7.17. The molecule has 0 aliphatic carbocycles. The van der Waals surface area contributed by atoms with Crippen LogP contribution in [-0.4, -0.2) is 10.1 Å². The molecule has 11 heavy (non-hydrogen) atoms. The fourth-order valence-corrected chi connectivity index (χ4v) is 1.73. The Balaban J connectivity index is 3.02. The fourth-order valence-electron chi connectivity index (χ4n) is 0.965. The van der Waals surface area contributed by atoms with Crippen LogP contribution in [0.3, 0.4) is 0 Å². The Hall–Kier alpha value is -1.29. The maximum absolute atomic E-state index is 10.8. The summed E-state index contributed by atoms with van der Waals surface area (Å²) in [5, 5.41) is 11.1. The maximum atomic E-state index is 10.8. The molecule has 4 heteroatoms. The molecule has 0 unspecified atom stereocenters. The summed E-state index contributed by atoms with van der Waals surface area (Å²) in [5.41, 5.74) is 0.424. The zero-order valence-corrected chi connectivity index (χ0v) is 6.31. The molecule has 2 aromatic rings. The van der Waals surface area contributed by atoms with Crippen molar-refractivity contribution in [3.8, 4) is 5.75 Å². The van der Waals surface area contributed by atoms with Crippen molar-refractivity contribution < 1.29 is 5.11 Å². The van der Waals surface area contributed by atoms with Crippen LogP contribution >= 0.6 is 11.3 Å². The molecule has 0 saturated carbocycles. The Bertz CT molecular complexity index is 443. The van der Waals surface area contributed by atoms with Crippen molar-refractivity contribution in [2.24, 2.45) is 0 Å². The molecule has 0 atom stereocenters. The Morgan fingerprint density at radius 3 is 3.18 bits per heavy atom. The predicted molar refractivity (Wildman–Crippen MR) is 44.1 cm³/mol. The molecule has 0 bridgehead atoms. The largest absolute Gasteiger partial charge is 0.506 e. The second-order valence-corrected chi connectivity index (χ2v) is 3.10. The van der Waals surface area contributed by atoms with Crippen molar-refractivity contribution in [2.45, 2.75) is 0 Å². The SMILES string of the molecule is O=c1cc(O)c2sccc2[nH]1. The quantitative estimate of drug-likeness (QED) is 0.621. The number of hydrogen-bond acceptors (Lipinski definition) is 3. The van der Waals surface area contributed by atoms with Gasteiger partial charge in [-0.1, -0.05) is 0 Å². The van der Waals surface area contributed by atoms with Crippen LogP contribution in [0.2, 0.25) is 0 Å². The van der Waals surface area contributed by atoms with Crippen molar-refractivity contribution in [2.75, 3.05) is 0 Å². The molecule has 0 aromatic carbocycles. The zero-order chi connectivity index (χ0) is 7.84. The molecule has 0 fully saturated rings. The summed E-state index contributed by atoms with van der Waals surface area (Å²) in [6.45, 7) is 0. The van der Waals surface area contributed by atoms with Crippen molar-refractivity contribution in [1.29, 1.82) is 0 Å². The third kappa shape index (κ3) is 0.914. The van der Waals surface area contributed by atoms with Gasteiger partial charge < -0.3 is 10.1 Å². The van der Waals surface area contributed by atoms with Crippen LogP contribution in [0.5, 0.6) is 5.75 Å². The van der Waals surface area contributed by atoms with Crippen LogP contribution < -0.4 is 5.56 Å². The summed E-state index contributed by atoms with van der Waals surface area (Å²) in [5.74, 6) is 0.0544. The maximum Gasteiger partial charge on any atom is 0.252 e. The molecule has 0 radical (unpaired) electrons. The van der Waals surface area contributed by atoms with E-state index in [1.54, 1.807) is 6.07 Å². The van der Waals surface area contributed by atoms with Crippen LogP contribution in [0.15, 0.2) is 22.3 Å². The first-order valence-corrected chi connectivity index (χ1v) is 3.95. The van der Waals surface area contributed by atoms with Crippen LogP contribution in [0.4, 0.5) is 0 Å². The molecule has 2 rings (SSSR count). The molecule has 0 aliphatic heterocycles. The van der Waals surface area contributed by atoms with E-state index in [9.17, 15) is 9.90 Å². The predicted octanol–water partition coefficient (Wildman–Crippen LogP) is 1.30. The van der Waals surface area contributed by atoms with Gasteiger partial charge in [-0.2, -0.15) is 0 Å². The van der Waals surface area contributed by atoms with E-state index in [1.807, 2.05) is 5.38 Å². The van der Waals surface area contributed by atoms with E-state index in [1.165, 1.54) is 17.4 Å². The van der Waals surface area contributed by atoms with Gasteiger partial charge in [0.1, 0.15) is 5.75 Å².